The second kappa shape index (κ2) is 18.9. The predicted octanol–water partition coefficient (Wildman–Crippen LogP) is 6.60. The second-order valence-corrected chi connectivity index (χ2v) is 15.0. The molecule has 0 bridgehead atoms. The highest BCUT2D eigenvalue weighted by atomic mass is 32.2. The molecule has 0 aliphatic heterocycles. The smallest absolute Gasteiger partial charge is 0.327 e. The number of fused-ring (bicyclic) bond motifs is 1. The average Bonchev–Trinajstić information content (AvgIpc) is 2.96. The minimum Gasteiger partial charge on any atom is -0.480 e. The number of allylic oxidation sites excluding steroid dienone is 5. The van der Waals surface area contributed by atoms with Crippen molar-refractivity contribution in [3.05, 3.63) is 71.3 Å². The molecule has 2 atom stereocenters. The number of carboxylic acid groups (broad SMARTS) is 1. The highest BCUT2D eigenvalue weighted by Crippen LogP contribution is 2.30. The van der Waals surface area contributed by atoms with Gasteiger partial charge in [0, 0.05) is 48.5 Å². The molecule has 0 fully saturated rings. The Kier molecular flexibility index (Phi) is 15.4. The van der Waals surface area contributed by atoms with Crippen LogP contribution in [0.15, 0.2) is 76.2 Å². The van der Waals surface area contributed by atoms with Crippen molar-refractivity contribution in [3.63, 3.8) is 0 Å². The van der Waals surface area contributed by atoms with Crippen LogP contribution in [0.25, 0.3) is 10.8 Å². The number of rotatable bonds is 19. The van der Waals surface area contributed by atoms with Gasteiger partial charge in [0.1, 0.15) is 6.04 Å². The van der Waals surface area contributed by atoms with Gasteiger partial charge in [-0.1, -0.05) is 59.2 Å². The lowest BCUT2D eigenvalue weighted by atomic mass is 10.1. The van der Waals surface area contributed by atoms with E-state index in [1.807, 2.05) is 44.1 Å². The van der Waals surface area contributed by atoms with Crippen LogP contribution in [-0.4, -0.2) is 68.6 Å². The zero-order valence-corrected chi connectivity index (χ0v) is 29.0. The summed E-state index contributed by atoms with van der Waals surface area (Å²) in [5, 5.41) is 13.8. The molecule has 0 aliphatic carbocycles. The molecule has 0 saturated heterocycles. The lowest BCUT2D eigenvalue weighted by Gasteiger charge is -2.17. The molecule has 2 rings (SSSR count). The molecule has 8 nitrogen and oxygen atoms in total. The molecule has 2 aromatic carbocycles. The summed E-state index contributed by atoms with van der Waals surface area (Å²) in [5.74, 6) is -1.87. The van der Waals surface area contributed by atoms with Crippen molar-refractivity contribution in [3.8, 4) is 0 Å². The number of anilines is 1. The summed E-state index contributed by atoms with van der Waals surface area (Å²) >= 11 is 2.68. The van der Waals surface area contributed by atoms with E-state index in [1.165, 1.54) is 40.7 Å². The van der Waals surface area contributed by atoms with Gasteiger partial charge in [-0.25, -0.2) is 17.9 Å². The number of hydrogen-bond donors (Lipinski definition) is 3. The topological polar surface area (TPSA) is 116 Å². The standard InChI is InChI=1S/C33H47N3O5S3/c1-24(2)11-7-12-25(3)13-8-14-26(4)19-20-42-23-43-22-29(33(38)39)35-32(37)21-34-44(40,41)31-18-10-15-27-28(31)16-9-17-30(27)36(5)6/h9-11,13,15-19,29,34H,7-8,12,14,20-23H2,1-6H3,(H,35,37)(H,38,39)/b25-13-,26-19+/t29-/m0/s1/i20D/t20?,29-. The fourth-order valence-corrected chi connectivity index (χ4v) is 7.36. The number of amides is 1. The third-order valence-corrected chi connectivity index (χ3v) is 10.3. The molecule has 11 heteroatoms. The molecule has 0 radical (unpaired) electrons. The van der Waals surface area contributed by atoms with Gasteiger partial charge in [0.25, 0.3) is 0 Å². The Hall–Kier alpha value is -2.73. The highest BCUT2D eigenvalue weighted by Gasteiger charge is 2.23. The lowest BCUT2D eigenvalue weighted by Crippen LogP contribution is -2.46. The number of hydrogen-bond acceptors (Lipinski definition) is 7. The van der Waals surface area contributed by atoms with E-state index in [0.717, 1.165) is 42.3 Å². The number of nitrogens with zero attached hydrogens (tertiary/aromatic N) is 1. The number of carbonyl (C=O) groups is 2. The van der Waals surface area contributed by atoms with E-state index < -0.39 is 40.2 Å². The summed E-state index contributed by atoms with van der Waals surface area (Å²) < 4.78 is 36.8. The number of aliphatic carboxylic acids is 1. The summed E-state index contributed by atoms with van der Waals surface area (Å²) in [7, 11) is -0.317. The van der Waals surface area contributed by atoms with Crippen molar-refractivity contribution in [1.82, 2.24) is 10.0 Å². The molecule has 0 aliphatic rings. The number of sulfonamides is 1. The van der Waals surface area contributed by atoms with E-state index in [9.17, 15) is 23.1 Å². The summed E-state index contributed by atoms with van der Waals surface area (Å²) in [4.78, 5) is 26.2. The highest BCUT2D eigenvalue weighted by molar-refractivity contribution is 8.16. The van der Waals surface area contributed by atoms with E-state index in [-0.39, 0.29) is 10.6 Å². The first kappa shape index (κ1) is 35.7. The predicted molar refractivity (Wildman–Crippen MR) is 188 cm³/mol. The molecule has 2 aromatic rings. The Morgan fingerprint density at radius 3 is 2.25 bits per heavy atom. The SMILES string of the molecule is [2H]C(/C=C(\C)CC/C=C(/C)CCC=C(C)C)SCSC[C@H](NC(=O)CNS(=O)(=O)c1cccc2c(N(C)C)cccc12)C(=O)O. The summed E-state index contributed by atoms with van der Waals surface area (Å²) in [6.07, 6.45) is 10.3. The number of carbonyl (C=O) groups excluding carboxylic acids is 1. The van der Waals surface area contributed by atoms with Crippen LogP contribution in [0.5, 0.6) is 0 Å². The fraction of sp³-hybridized carbons (Fsp3) is 0.455. The Labute approximate surface area is 273 Å². The first-order valence-electron chi connectivity index (χ1n) is 15.1. The van der Waals surface area contributed by atoms with E-state index >= 15 is 0 Å². The maximum atomic E-state index is 13.1. The number of carboxylic acids is 1. The van der Waals surface area contributed by atoms with Gasteiger partial charge in [-0.05, 0) is 65.5 Å². The maximum absolute atomic E-state index is 13.1. The van der Waals surface area contributed by atoms with Crippen LogP contribution in [0.1, 0.15) is 54.7 Å². The Morgan fingerprint density at radius 1 is 0.955 bits per heavy atom. The van der Waals surface area contributed by atoms with Crippen molar-refractivity contribution in [2.45, 2.75) is 64.3 Å². The number of benzene rings is 2. The molecule has 1 unspecified atom stereocenters. The molecular formula is C33H47N3O5S3. The van der Waals surface area contributed by atoms with Crippen LogP contribution >= 0.6 is 23.5 Å². The van der Waals surface area contributed by atoms with Crippen molar-refractivity contribution in [1.29, 1.82) is 0 Å². The minimum absolute atomic E-state index is 0.0369. The molecule has 0 saturated carbocycles. The molecule has 44 heavy (non-hydrogen) atoms. The van der Waals surface area contributed by atoms with Gasteiger partial charge in [0.2, 0.25) is 15.9 Å². The first-order valence-corrected chi connectivity index (χ1v) is 18.2. The summed E-state index contributed by atoms with van der Waals surface area (Å²) in [5.41, 5.74) is 4.22. The molecule has 242 valence electrons. The lowest BCUT2D eigenvalue weighted by molar-refractivity contribution is -0.140. The van der Waals surface area contributed by atoms with E-state index in [0.29, 0.717) is 10.5 Å². The molecule has 3 N–H and O–H groups in total. The van der Waals surface area contributed by atoms with Crippen molar-refractivity contribution in [2.75, 3.05) is 42.1 Å². The maximum Gasteiger partial charge on any atom is 0.327 e. The Morgan fingerprint density at radius 2 is 1.59 bits per heavy atom. The van der Waals surface area contributed by atoms with Gasteiger partial charge < -0.3 is 15.3 Å². The third-order valence-electron chi connectivity index (χ3n) is 6.69. The first-order chi connectivity index (χ1) is 21.2. The van der Waals surface area contributed by atoms with E-state index in [2.05, 4.69) is 43.0 Å². The van der Waals surface area contributed by atoms with Gasteiger partial charge >= 0.3 is 5.97 Å². The number of nitrogens with one attached hydrogen (secondary N) is 2. The van der Waals surface area contributed by atoms with Crippen LogP contribution in [0, 0.1) is 0 Å². The second-order valence-electron chi connectivity index (χ2n) is 11.0. The van der Waals surface area contributed by atoms with Crippen LogP contribution in [0.3, 0.4) is 0 Å². The normalized spacial score (nSPS) is 14.1. The summed E-state index contributed by atoms with van der Waals surface area (Å²) in [6, 6.07) is 9.12. The third kappa shape index (κ3) is 13.1. The molecule has 0 spiro atoms. The monoisotopic (exact) mass is 662 g/mol. The van der Waals surface area contributed by atoms with Crippen LogP contribution < -0.4 is 14.9 Å². The molecule has 0 aromatic heterocycles. The fourth-order valence-electron chi connectivity index (χ4n) is 4.28. The van der Waals surface area contributed by atoms with E-state index in [1.54, 1.807) is 18.2 Å². The zero-order chi connectivity index (χ0) is 33.6. The van der Waals surface area contributed by atoms with Crippen LogP contribution in [0.2, 0.25) is 0 Å². The van der Waals surface area contributed by atoms with Gasteiger partial charge in [0.15, 0.2) is 0 Å². The largest absolute Gasteiger partial charge is 0.480 e. The van der Waals surface area contributed by atoms with Crippen molar-refractivity contribution < 1.29 is 24.5 Å². The quantitative estimate of drug-likeness (QED) is 0.0876. The van der Waals surface area contributed by atoms with Gasteiger partial charge in [0.05, 0.1) is 11.4 Å². The molecule has 1 amide bonds. The molecule has 0 heterocycles. The summed E-state index contributed by atoms with van der Waals surface area (Å²) in [6.45, 7) is 7.78. The van der Waals surface area contributed by atoms with Crippen LogP contribution in [0.4, 0.5) is 5.69 Å². The zero-order valence-electron chi connectivity index (χ0n) is 27.6. The minimum atomic E-state index is -4.06. The van der Waals surface area contributed by atoms with Gasteiger partial charge in [-0.3, -0.25) is 4.79 Å². The van der Waals surface area contributed by atoms with Crippen molar-refractivity contribution >= 4 is 61.9 Å². The number of thioether (sulfide) groups is 2. The van der Waals surface area contributed by atoms with Crippen molar-refractivity contribution in [2.24, 2.45) is 0 Å². The Bertz CT molecular complexity index is 1500. The van der Waals surface area contributed by atoms with Gasteiger partial charge in [-0.15, -0.1) is 23.5 Å². The van der Waals surface area contributed by atoms with E-state index in [4.69, 9.17) is 1.37 Å². The Balaban J connectivity index is 1.82. The average molecular weight is 663 g/mol. The molecular weight excluding hydrogens is 615 g/mol. The van der Waals surface area contributed by atoms with Crippen LogP contribution in [-0.2, 0) is 19.6 Å². The van der Waals surface area contributed by atoms with Gasteiger partial charge in [-0.2, -0.15) is 0 Å².